The lowest BCUT2D eigenvalue weighted by Gasteiger charge is -2.34. The fourth-order valence-corrected chi connectivity index (χ4v) is 2.18. The van der Waals surface area contributed by atoms with Gasteiger partial charge in [0, 0.05) is 24.7 Å². The second-order valence-electron chi connectivity index (χ2n) is 5.06. The topological polar surface area (TPSA) is 56.1 Å². The molecule has 1 saturated carbocycles. The van der Waals surface area contributed by atoms with Gasteiger partial charge in [0.1, 0.15) is 0 Å². The number of amides is 1. The number of carbonyl (C=O) groups excluding carboxylic acids is 1. The Hall–Kier alpha value is -1.86. The van der Waals surface area contributed by atoms with Crippen LogP contribution < -0.4 is 5.32 Å². The summed E-state index contributed by atoms with van der Waals surface area (Å²) >= 11 is 0. The highest BCUT2D eigenvalue weighted by atomic mass is 16.1. The SMILES string of the molecule is CN(CCC(=O)Nc1cccc(C#N)c1)C1CCC1. The maximum atomic E-state index is 11.8. The highest BCUT2D eigenvalue weighted by Crippen LogP contribution is 2.23. The third kappa shape index (κ3) is 3.80. The van der Waals surface area contributed by atoms with E-state index in [2.05, 4.69) is 23.3 Å². The summed E-state index contributed by atoms with van der Waals surface area (Å²) in [6, 6.07) is 9.71. The van der Waals surface area contributed by atoms with Crippen molar-refractivity contribution in [2.45, 2.75) is 31.7 Å². The molecule has 1 fully saturated rings. The summed E-state index contributed by atoms with van der Waals surface area (Å²) in [6.45, 7) is 0.786. The van der Waals surface area contributed by atoms with E-state index in [0.29, 0.717) is 23.7 Å². The van der Waals surface area contributed by atoms with Crippen LogP contribution in [0.25, 0.3) is 0 Å². The Kier molecular flexibility index (Phi) is 4.53. The van der Waals surface area contributed by atoms with Crippen molar-refractivity contribution in [3.8, 4) is 6.07 Å². The van der Waals surface area contributed by atoms with Crippen LogP contribution in [0.1, 0.15) is 31.2 Å². The van der Waals surface area contributed by atoms with Gasteiger partial charge in [-0.2, -0.15) is 5.26 Å². The van der Waals surface area contributed by atoms with E-state index in [4.69, 9.17) is 5.26 Å². The number of carbonyl (C=O) groups is 1. The maximum absolute atomic E-state index is 11.8. The zero-order valence-corrected chi connectivity index (χ0v) is 11.2. The molecule has 1 N–H and O–H groups in total. The van der Waals surface area contributed by atoms with Gasteiger partial charge < -0.3 is 10.2 Å². The van der Waals surface area contributed by atoms with Crippen LogP contribution in [0, 0.1) is 11.3 Å². The van der Waals surface area contributed by atoms with Crippen LogP contribution in [0.2, 0.25) is 0 Å². The third-order valence-corrected chi connectivity index (χ3v) is 3.67. The van der Waals surface area contributed by atoms with Gasteiger partial charge in [-0.05, 0) is 38.1 Å². The molecule has 0 unspecified atom stereocenters. The zero-order chi connectivity index (χ0) is 13.7. The Morgan fingerprint density at radius 1 is 1.53 bits per heavy atom. The van der Waals surface area contributed by atoms with E-state index in [9.17, 15) is 4.79 Å². The maximum Gasteiger partial charge on any atom is 0.225 e. The van der Waals surface area contributed by atoms with Crippen molar-refractivity contribution in [1.82, 2.24) is 4.90 Å². The van der Waals surface area contributed by atoms with Gasteiger partial charge in [0.25, 0.3) is 0 Å². The van der Waals surface area contributed by atoms with E-state index in [-0.39, 0.29) is 5.91 Å². The normalized spacial score (nSPS) is 14.8. The average Bonchev–Trinajstić information content (AvgIpc) is 2.34. The van der Waals surface area contributed by atoms with E-state index in [1.54, 1.807) is 24.3 Å². The van der Waals surface area contributed by atoms with Gasteiger partial charge in [-0.3, -0.25) is 4.79 Å². The molecule has 0 bridgehead atoms. The van der Waals surface area contributed by atoms with Crippen LogP contribution in [0.5, 0.6) is 0 Å². The number of anilines is 1. The molecule has 0 aliphatic heterocycles. The lowest BCUT2D eigenvalue weighted by atomic mass is 9.92. The number of benzene rings is 1. The molecule has 0 spiro atoms. The quantitative estimate of drug-likeness (QED) is 0.881. The second kappa shape index (κ2) is 6.35. The Labute approximate surface area is 114 Å². The number of rotatable bonds is 5. The molecule has 1 aliphatic rings. The summed E-state index contributed by atoms with van der Waals surface area (Å²) in [7, 11) is 2.08. The first kappa shape index (κ1) is 13.6. The molecule has 100 valence electrons. The van der Waals surface area contributed by atoms with Crippen LogP contribution in [0.4, 0.5) is 5.69 Å². The Morgan fingerprint density at radius 3 is 2.95 bits per heavy atom. The standard InChI is InChI=1S/C15H19N3O/c1-18(14-6-3-7-14)9-8-15(19)17-13-5-2-4-12(10-13)11-16/h2,4-5,10,14H,3,6-9H2,1H3,(H,17,19). The van der Waals surface area contributed by atoms with E-state index in [1.165, 1.54) is 19.3 Å². The molecule has 4 nitrogen and oxygen atoms in total. The van der Waals surface area contributed by atoms with Gasteiger partial charge >= 0.3 is 0 Å². The van der Waals surface area contributed by atoms with E-state index < -0.39 is 0 Å². The van der Waals surface area contributed by atoms with Crippen molar-refractivity contribution in [2.24, 2.45) is 0 Å². The molecule has 1 aliphatic carbocycles. The average molecular weight is 257 g/mol. The molecule has 1 aromatic rings. The van der Waals surface area contributed by atoms with Gasteiger partial charge in [0.2, 0.25) is 5.91 Å². The number of nitriles is 1. The summed E-state index contributed by atoms with van der Waals surface area (Å²) in [5.74, 6) is 0.00117. The van der Waals surface area contributed by atoms with Gasteiger partial charge in [0.15, 0.2) is 0 Å². The first-order valence-electron chi connectivity index (χ1n) is 6.69. The molecule has 0 radical (unpaired) electrons. The minimum absolute atomic E-state index is 0.00117. The lowest BCUT2D eigenvalue weighted by molar-refractivity contribution is -0.116. The molecular formula is C15H19N3O. The summed E-state index contributed by atoms with van der Waals surface area (Å²) < 4.78 is 0. The molecular weight excluding hydrogens is 238 g/mol. The highest BCUT2D eigenvalue weighted by Gasteiger charge is 2.21. The van der Waals surface area contributed by atoms with Gasteiger partial charge in [-0.15, -0.1) is 0 Å². The third-order valence-electron chi connectivity index (χ3n) is 3.67. The van der Waals surface area contributed by atoms with Crippen LogP contribution in [0.15, 0.2) is 24.3 Å². The Bertz CT molecular complexity index is 488. The first-order valence-corrected chi connectivity index (χ1v) is 6.69. The van der Waals surface area contributed by atoms with Gasteiger partial charge in [-0.25, -0.2) is 0 Å². The van der Waals surface area contributed by atoms with Gasteiger partial charge in [-0.1, -0.05) is 12.5 Å². The van der Waals surface area contributed by atoms with E-state index in [0.717, 1.165) is 6.54 Å². The van der Waals surface area contributed by atoms with Crippen LogP contribution in [-0.4, -0.2) is 30.4 Å². The second-order valence-corrected chi connectivity index (χ2v) is 5.06. The monoisotopic (exact) mass is 257 g/mol. The predicted molar refractivity (Wildman–Crippen MR) is 74.7 cm³/mol. The van der Waals surface area contributed by atoms with Crippen molar-refractivity contribution in [2.75, 3.05) is 18.9 Å². The molecule has 0 saturated heterocycles. The molecule has 4 heteroatoms. The predicted octanol–water partition coefficient (Wildman–Crippen LogP) is 2.37. The van der Waals surface area contributed by atoms with Gasteiger partial charge in [0.05, 0.1) is 11.6 Å². The number of hydrogen-bond acceptors (Lipinski definition) is 3. The van der Waals surface area contributed by atoms with Crippen LogP contribution in [0.3, 0.4) is 0 Å². The van der Waals surface area contributed by atoms with Crippen molar-refractivity contribution in [1.29, 1.82) is 5.26 Å². The molecule has 0 atom stereocenters. The zero-order valence-electron chi connectivity index (χ0n) is 11.2. The molecule has 0 heterocycles. The van der Waals surface area contributed by atoms with E-state index >= 15 is 0 Å². The molecule has 2 rings (SSSR count). The largest absolute Gasteiger partial charge is 0.326 e. The number of nitrogens with one attached hydrogen (secondary N) is 1. The van der Waals surface area contributed by atoms with Crippen LogP contribution >= 0.6 is 0 Å². The highest BCUT2D eigenvalue weighted by molar-refractivity contribution is 5.90. The summed E-state index contributed by atoms with van der Waals surface area (Å²) in [6.07, 6.45) is 4.30. The van der Waals surface area contributed by atoms with Crippen molar-refractivity contribution in [3.63, 3.8) is 0 Å². The summed E-state index contributed by atoms with van der Waals surface area (Å²) in [4.78, 5) is 14.1. The summed E-state index contributed by atoms with van der Waals surface area (Å²) in [5, 5.41) is 11.6. The fraction of sp³-hybridized carbons (Fsp3) is 0.467. The van der Waals surface area contributed by atoms with E-state index in [1.807, 2.05) is 0 Å². The Balaban J connectivity index is 1.78. The lowest BCUT2D eigenvalue weighted by Crippen LogP contribution is -2.38. The molecule has 0 aromatic heterocycles. The summed E-state index contributed by atoms with van der Waals surface area (Å²) in [5.41, 5.74) is 1.25. The number of hydrogen-bond donors (Lipinski definition) is 1. The molecule has 19 heavy (non-hydrogen) atoms. The van der Waals surface area contributed by atoms with Crippen LogP contribution in [-0.2, 0) is 4.79 Å². The van der Waals surface area contributed by atoms with Crippen molar-refractivity contribution in [3.05, 3.63) is 29.8 Å². The molecule has 1 amide bonds. The smallest absolute Gasteiger partial charge is 0.225 e. The fourth-order valence-electron chi connectivity index (χ4n) is 2.18. The number of nitrogens with zero attached hydrogens (tertiary/aromatic N) is 2. The van der Waals surface area contributed by atoms with Crippen molar-refractivity contribution < 1.29 is 4.79 Å². The minimum Gasteiger partial charge on any atom is -0.326 e. The minimum atomic E-state index is 0.00117. The Morgan fingerprint density at radius 2 is 2.32 bits per heavy atom. The van der Waals surface area contributed by atoms with Crippen molar-refractivity contribution >= 4 is 11.6 Å². The first-order chi connectivity index (χ1) is 9.19. The molecule has 1 aromatic carbocycles.